The molecule has 4 heteroatoms. The lowest BCUT2D eigenvalue weighted by atomic mass is 10.3. The minimum absolute atomic E-state index is 0.322. The molecule has 0 aromatic heterocycles. The molecule has 0 spiro atoms. The third-order valence-corrected chi connectivity index (χ3v) is 2.98. The van der Waals surface area contributed by atoms with E-state index in [0.717, 1.165) is 13.1 Å². The maximum atomic E-state index is 9.39. The highest BCUT2D eigenvalue weighted by Crippen LogP contribution is 2.07. The summed E-state index contributed by atoms with van der Waals surface area (Å²) in [5, 5.41) is 18.8. The predicted octanol–water partition coefficient (Wildman–Crippen LogP) is 0.146. The number of hydrogen-bond donors (Lipinski definition) is 2. The van der Waals surface area contributed by atoms with E-state index in [0.29, 0.717) is 13.1 Å². The largest absolute Gasteiger partial charge is 0.392 e. The smallest absolute Gasteiger partial charge is 0.0639 e. The maximum Gasteiger partial charge on any atom is 0.0639 e. The zero-order chi connectivity index (χ0) is 12.0. The second-order valence-corrected chi connectivity index (χ2v) is 5.01. The first-order valence-corrected chi connectivity index (χ1v) is 6.38. The van der Waals surface area contributed by atoms with Crippen molar-refractivity contribution in [2.45, 2.75) is 38.9 Å². The van der Waals surface area contributed by atoms with Crippen LogP contribution in [0.3, 0.4) is 0 Å². The molecule has 1 aliphatic heterocycles. The molecule has 2 atom stereocenters. The van der Waals surface area contributed by atoms with Crippen LogP contribution in [0.4, 0.5) is 0 Å². The predicted molar refractivity (Wildman–Crippen MR) is 65.5 cm³/mol. The van der Waals surface area contributed by atoms with Gasteiger partial charge in [0.1, 0.15) is 0 Å². The Morgan fingerprint density at radius 2 is 1.56 bits per heavy atom. The van der Waals surface area contributed by atoms with Gasteiger partial charge in [-0.2, -0.15) is 0 Å². The van der Waals surface area contributed by atoms with Crippen LogP contribution >= 0.6 is 0 Å². The Hall–Kier alpha value is -0.160. The van der Waals surface area contributed by atoms with Gasteiger partial charge in [0.15, 0.2) is 0 Å². The van der Waals surface area contributed by atoms with E-state index < -0.39 is 0 Å². The number of aliphatic hydroxyl groups is 2. The third kappa shape index (κ3) is 5.80. The zero-order valence-electron chi connectivity index (χ0n) is 10.6. The highest BCUT2D eigenvalue weighted by Gasteiger charge is 2.15. The van der Waals surface area contributed by atoms with Crippen LogP contribution in [0.2, 0.25) is 0 Å². The molecule has 0 saturated carbocycles. The molecule has 16 heavy (non-hydrogen) atoms. The van der Waals surface area contributed by atoms with Gasteiger partial charge in [0.2, 0.25) is 0 Å². The third-order valence-electron chi connectivity index (χ3n) is 2.98. The van der Waals surface area contributed by atoms with Gasteiger partial charge in [0.05, 0.1) is 12.2 Å². The normalized spacial score (nSPS) is 21.6. The van der Waals surface area contributed by atoms with Crippen LogP contribution in [0.15, 0.2) is 0 Å². The highest BCUT2D eigenvalue weighted by atomic mass is 16.3. The molecule has 1 aliphatic rings. The van der Waals surface area contributed by atoms with Crippen molar-refractivity contribution in [1.29, 1.82) is 0 Å². The summed E-state index contributed by atoms with van der Waals surface area (Å²) in [6.07, 6.45) is 1.98. The number of aliphatic hydroxyl groups excluding tert-OH is 2. The van der Waals surface area contributed by atoms with E-state index in [-0.39, 0.29) is 12.2 Å². The van der Waals surface area contributed by atoms with Crippen molar-refractivity contribution in [2.75, 3.05) is 39.3 Å². The standard InChI is InChI=1S/C12H26N2O2/c1-11(15)9-14(10-12(2)16)8-7-13-5-3-4-6-13/h11-12,15-16H,3-10H2,1-2H3. The van der Waals surface area contributed by atoms with E-state index in [1.165, 1.54) is 25.9 Å². The van der Waals surface area contributed by atoms with Crippen LogP contribution < -0.4 is 0 Å². The van der Waals surface area contributed by atoms with Gasteiger partial charge in [-0.25, -0.2) is 0 Å². The fourth-order valence-electron chi connectivity index (χ4n) is 2.29. The Morgan fingerprint density at radius 3 is 2.00 bits per heavy atom. The molecule has 0 aromatic carbocycles. The summed E-state index contributed by atoms with van der Waals surface area (Å²) < 4.78 is 0. The van der Waals surface area contributed by atoms with Crippen molar-refractivity contribution in [3.8, 4) is 0 Å². The van der Waals surface area contributed by atoms with E-state index in [4.69, 9.17) is 0 Å². The number of rotatable bonds is 7. The molecule has 1 saturated heterocycles. The van der Waals surface area contributed by atoms with Gasteiger partial charge >= 0.3 is 0 Å². The Bertz CT molecular complexity index is 170. The summed E-state index contributed by atoms with van der Waals surface area (Å²) in [4.78, 5) is 4.60. The molecular weight excluding hydrogens is 204 g/mol. The van der Waals surface area contributed by atoms with Gasteiger partial charge in [-0.1, -0.05) is 0 Å². The van der Waals surface area contributed by atoms with E-state index in [1.54, 1.807) is 13.8 Å². The molecule has 1 heterocycles. The maximum absolute atomic E-state index is 9.39. The summed E-state index contributed by atoms with van der Waals surface area (Å²) in [7, 11) is 0. The number of likely N-dealkylation sites (tertiary alicyclic amines) is 1. The van der Waals surface area contributed by atoms with Crippen molar-refractivity contribution < 1.29 is 10.2 Å². The average molecular weight is 230 g/mol. The quantitative estimate of drug-likeness (QED) is 0.653. The van der Waals surface area contributed by atoms with Crippen molar-refractivity contribution in [3.05, 3.63) is 0 Å². The number of hydrogen-bond acceptors (Lipinski definition) is 4. The van der Waals surface area contributed by atoms with Crippen LogP contribution in [0.5, 0.6) is 0 Å². The van der Waals surface area contributed by atoms with Crippen molar-refractivity contribution in [3.63, 3.8) is 0 Å². The van der Waals surface area contributed by atoms with Gasteiger partial charge in [0.25, 0.3) is 0 Å². The van der Waals surface area contributed by atoms with E-state index in [9.17, 15) is 10.2 Å². The van der Waals surface area contributed by atoms with E-state index in [1.807, 2.05) is 0 Å². The lowest BCUT2D eigenvalue weighted by Crippen LogP contribution is -2.41. The minimum atomic E-state index is -0.322. The van der Waals surface area contributed by atoms with Crippen LogP contribution in [0.1, 0.15) is 26.7 Å². The summed E-state index contributed by atoms with van der Waals surface area (Å²) in [6, 6.07) is 0. The van der Waals surface area contributed by atoms with Crippen LogP contribution in [0.25, 0.3) is 0 Å². The summed E-state index contributed by atoms with van der Waals surface area (Å²) in [5.74, 6) is 0. The molecule has 0 aliphatic carbocycles. The van der Waals surface area contributed by atoms with Gasteiger partial charge < -0.3 is 15.1 Å². The molecule has 4 nitrogen and oxygen atoms in total. The fraction of sp³-hybridized carbons (Fsp3) is 1.00. The second kappa shape index (κ2) is 7.22. The molecular formula is C12H26N2O2. The van der Waals surface area contributed by atoms with Crippen molar-refractivity contribution in [1.82, 2.24) is 9.80 Å². The minimum Gasteiger partial charge on any atom is -0.392 e. The molecule has 0 amide bonds. The molecule has 0 bridgehead atoms. The first-order valence-electron chi connectivity index (χ1n) is 6.38. The first kappa shape index (κ1) is 13.9. The monoisotopic (exact) mass is 230 g/mol. The molecule has 1 fully saturated rings. The van der Waals surface area contributed by atoms with E-state index in [2.05, 4.69) is 9.80 Å². The van der Waals surface area contributed by atoms with Gasteiger partial charge in [0, 0.05) is 26.2 Å². The van der Waals surface area contributed by atoms with Crippen molar-refractivity contribution in [2.24, 2.45) is 0 Å². The lowest BCUT2D eigenvalue weighted by molar-refractivity contribution is 0.0780. The van der Waals surface area contributed by atoms with Crippen LogP contribution in [-0.2, 0) is 0 Å². The van der Waals surface area contributed by atoms with Gasteiger partial charge in [-0.05, 0) is 39.8 Å². The van der Waals surface area contributed by atoms with E-state index >= 15 is 0 Å². The topological polar surface area (TPSA) is 46.9 Å². The zero-order valence-corrected chi connectivity index (χ0v) is 10.6. The fourth-order valence-corrected chi connectivity index (χ4v) is 2.29. The summed E-state index contributed by atoms with van der Waals surface area (Å²) in [6.45, 7) is 9.30. The lowest BCUT2D eigenvalue weighted by Gasteiger charge is -2.27. The summed E-state index contributed by atoms with van der Waals surface area (Å²) >= 11 is 0. The Balaban J connectivity index is 2.24. The molecule has 2 unspecified atom stereocenters. The van der Waals surface area contributed by atoms with Crippen LogP contribution in [-0.4, -0.2) is 71.5 Å². The molecule has 0 aromatic rings. The summed E-state index contributed by atoms with van der Waals surface area (Å²) in [5.41, 5.74) is 0. The molecule has 1 rings (SSSR count). The Labute approximate surface area is 98.9 Å². The highest BCUT2D eigenvalue weighted by molar-refractivity contribution is 4.70. The SMILES string of the molecule is CC(O)CN(CCN1CCCC1)CC(C)O. The van der Waals surface area contributed by atoms with Crippen molar-refractivity contribution >= 4 is 0 Å². The van der Waals surface area contributed by atoms with Gasteiger partial charge in [-0.15, -0.1) is 0 Å². The number of nitrogens with zero attached hydrogens (tertiary/aromatic N) is 2. The molecule has 2 N–H and O–H groups in total. The Kier molecular flexibility index (Phi) is 6.28. The van der Waals surface area contributed by atoms with Gasteiger partial charge in [-0.3, -0.25) is 4.90 Å². The average Bonchev–Trinajstić information content (AvgIpc) is 2.64. The molecule has 0 radical (unpaired) electrons. The molecule has 96 valence electrons. The first-order chi connectivity index (χ1) is 7.58. The Morgan fingerprint density at radius 1 is 1.06 bits per heavy atom. The second-order valence-electron chi connectivity index (χ2n) is 5.01. The van der Waals surface area contributed by atoms with Crippen LogP contribution in [0, 0.1) is 0 Å².